The molecule has 1 heterocycles. The highest BCUT2D eigenvalue weighted by atomic mass is 16.2. The molecule has 2 N–H and O–H groups in total. The van der Waals surface area contributed by atoms with E-state index in [0.29, 0.717) is 13.0 Å². The van der Waals surface area contributed by atoms with Crippen LogP contribution in [0.4, 0.5) is 4.79 Å². The van der Waals surface area contributed by atoms with E-state index in [4.69, 9.17) is 0 Å². The van der Waals surface area contributed by atoms with Gasteiger partial charge in [-0.15, -0.1) is 0 Å². The summed E-state index contributed by atoms with van der Waals surface area (Å²) in [5, 5.41) is 5.60. The first-order valence-corrected chi connectivity index (χ1v) is 8.57. The summed E-state index contributed by atoms with van der Waals surface area (Å²) in [5.41, 5.74) is 0.949. The summed E-state index contributed by atoms with van der Waals surface area (Å²) in [5.74, 6) is -0.613. The van der Waals surface area contributed by atoms with Crippen LogP contribution in [0.5, 0.6) is 0 Å². The van der Waals surface area contributed by atoms with Gasteiger partial charge in [0.15, 0.2) is 0 Å². The molecular weight excluding hydrogens is 306 g/mol. The number of aryl methyl sites for hydroxylation is 1. The molecule has 0 aromatic heterocycles. The van der Waals surface area contributed by atoms with Crippen molar-refractivity contribution in [3.05, 3.63) is 35.4 Å². The number of nitrogens with zero attached hydrogens (tertiary/aromatic N) is 1. The van der Waals surface area contributed by atoms with Gasteiger partial charge >= 0.3 is 6.03 Å². The monoisotopic (exact) mass is 329 g/mol. The first-order chi connectivity index (χ1) is 11.6. The number of urea groups is 1. The lowest BCUT2D eigenvalue weighted by atomic mass is 9.76. The Morgan fingerprint density at radius 1 is 1.33 bits per heavy atom. The fourth-order valence-electron chi connectivity index (χ4n) is 3.56. The van der Waals surface area contributed by atoms with Crippen molar-refractivity contribution in [2.45, 2.75) is 44.6 Å². The van der Waals surface area contributed by atoms with Crippen LogP contribution in [0.2, 0.25) is 0 Å². The van der Waals surface area contributed by atoms with E-state index in [0.717, 1.165) is 41.7 Å². The van der Waals surface area contributed by atoms with Gasteiger partial charge in [-0.1, -0.05) is 37.6 Å². The zero-order chi connectivity index (χ0) is 17.2. The molecule has 128 valence electrons. The second-order valence-electron chi connectivity index (χ2n) is 6.44. The summed E-state index contributed by atoms with van der Waals surface area (Å²) < 4.78 is 0. The molecule has 1 aromatic rings. The van der Waals surface area contributed by atoms with Crippen LogP contribution in [0.3, 0.4) is 0 Å². The van der Waals surface area contributed by atoms with Crippen molar-refractivity contribution in [2.24, 2.45) is 0 Å². The van der Waals surface area contributed by atoms with E-state index in [1.54, 1.807) is 0 Å². The smallest absolute Gasteiger partial charge is 0.325 e. The first-order valence-electron chi connectivity index (χ1n) is 8.57. The maximum absolute atomic E-state index is 13.0. The lowest BCUT2D eigenvalue weighted by Gasteiger charge is -2.33. The Hall–Kier alpha value is -2.37. The van der Waals surface area contributed by atoms with E-state index in [2.05, 4.69) is 10.6 Å². The molecular formula is C18H23N3O3. The second-order valence-corrected chi connectivity index (χ2v) is 6.44. The molecule has 6 nitrogen and oxygen atoms in total. The first kappa shape index (κ1) is 16.5. The third kappa shape index (κ3) is 2.77. The number of amides is 4. The van der Waals surface area contributed by atoms with E-state index >= 15 is 0 Å². The number of carbonyl (C=O) groups excluding carboxylic acids is 3. The van der Waals surface area contributed by atoms with Crippen LogP contribution in [0, 0.1) is 0 Å². The average molecular weight is 329 g/mol. The van der Waals surface area contributed by atoms with Crippen molar-refractivity contribution in [1.29, 1.82) is 0 Å². The number of hydrogen-bond acceptors (Lipinski definition) is 3. The lowest BCUT2D eigenvalue weighted by molar-refractivity contribution is -0.135. The fraction of sp³-hybridized carbons (Fsp3) is 0.500. The zero-order valence-electron chi connectivity index (χ0n) is 13.9. The van der Waals surface area contributed by atoms with Crippen LogP contribution in [0.1, 0.15) is 43.7 Å². The SMILES string of the molecule is CCCCNC(=O)CN1C(=O)N[C@]2(CCCc3ccccc32)C1=O. The second kappa shape index (κ2) is 6.63. The van der Waals surface area contributed by atoms with E-state index in [1.807, 2.05) is 31.2 Å². The third-order valence-electron chi connectivity index (χ3n) is 4.80. The Morgan fingerprint density at radius 3 is 2.92 bits per heavy atom. The minimum atomic E-state index is -1.00. The number of imide groups is 1. The molecule has 2 aliphatic rings. The van der Waals surface area contributed by atoms with Gasteiger partial charge in [0.2, 0.25) is 5.91 Å². The molecule has 1 fully saturated rings. The Kier molecular flexibility index (Phi) is 4.55. The number of benzene rings is 1. The number of fused-ring (bicyclic) bond motifs is 2. The third-order valence-corrected chi connectivity index (χ3v) is 4.80. The fourth-order valence-corrected chi connectivity index (χ4v) is 3.56. The minimum absolute atomic E-state index is 0.224. The van der Waals surface area contributed by atoms with Crippen molar-refractivity contribution in [3.63, 3.8) is 0 Å². The molecule has 0 bridgehead atoms. The Morgan fingerprint density at radius 2 is 2.12 bits per heavy atom. The molecule has 1 spiro atoms. The maximum atomic E-state index is 13.0. The number of carbonyl (C=O) groups is 3. The van der Waals surface area contributed by atoms with Crippen LogP contribution in [-0.2, 0) is 21.5 Å². The van der Waals surface area contributed by atoms with Crippen LogP contribution < -0.4 is 10.6 Å². The Bertz CT molecular complexity index is 673. The summed E-state index contributed by atoms with van der Waals surface area (Å²) >= 11 is 0. The standard InChI is InChI=1S/C18H23N3O3/c1-2-3-11-19-15(22)12-21-16(23)18(20-17(21)24)10-6-8-13-7-4-5-9-14(13)18/h4-5,7,9H,2-3,6,8,10-12H2,1H3,(H,19,22)(H,20,24)/t18-/m0/s1. The highest BCUT2D eigenvalue weighted by molar-refractivity contribution is 6.09. The van der Waals surface area contributed by atoms with E-state index < -0.39 is 11.6 Å². The average Bonchev–Trinajstić information content (AvgIpc) is 2.81. The van der Waals surface area contributed by atoms with Crippen molar-refractivity contribution in [1.82, 2.24) is 15.5 Å². The summed E-state index contributed by atoms with van der Waals surface area (Å²) in [6.07, 6.45) is 4.16. The molecule has 0 saturated carbocycles. The van der Waals surface area contributed by atoms with Crippen molar-refractivity contribution in [2.75, 3.05) is 13.1 Å². The van der Waals surface area contributed by atoms with Gasteiger partial charge in [-0.25, -0.2) is 4.79 Å². The van der Waals surface area contributed by atoms with Gasteiger partial charge in [-0.05, 0) is 36.8 Å². The molecule has 1 aliphatic heterocycles. The van der Waals surface area contributed by atoms with Crippen molar-refractivity contribution in [3.8, 4) is 0 Å². The normalized spacial score (nSPS) is 22.5. The summed E-state index contributed by atoms with van der Waals surface area (Å²) in [6, 6.07) is 7.24. The highest BCUT2D eigenvalue weighted by Gasteiger charge is 2.54. The van der Waals surface area contributed by atoms with E-state index in [9.17, 15) is 14.4 Å². The molecule has 0 unspecified atom stereocenters. The number of rotatable bonds is 5. The molecule has 6 heteroatoms. The van der Waals surface area contributed by atoms with Crippen LogP contribution in [-0.4, -0.2) is 35.8 Å². The van der Waals surface area contributed by atoms with Crippen LogP contribution in [0.25, 0.3) is 0 Å². The Balaban J connectivity index is 1.79. The van der Waals surface area contributed by atoms with Gasteiger partial charge in [0.25, 0.3) is 5.91 Å². The molecule has 1 saturated heterocycles. The zero-order valence-corrected chi connectivity index (χ0v) is 13.9. The maximum Gasteiger partial charge on any atom is 0.325 e. The van der Waals surface area contributed by atoms with Crippen LogP contribution >= 0.6 is 0 Å². The van der Waals surface area contributed by atoms with E-state index in [1.165, 1.54) is 0 Å². The van der Waals surface area contributed by atoms with Crippen molar-refractivity contribution < 1.29 is 14.4 Å². The number of unbranched alkanes of at least 4 members (excludes halogenated alkanes) is 1. The number of hydrogen-bond donors (Lipinski definition) is 2. The van der Waals surface area contributed by atoms with Gasteiger partial charge in [-0.3, -0.25) is 14.5 Å². The summed E-state index contributed by atoms with van der Waals surface area (Å²) in [7, 11) is 0. The lowest BCUT2D eigenvalue weighted by Crippen LogP contribution is -2.47. The van der Waals surface area contributed by atoms with Gasteiger partial charge < -0.3 is 10.6 Å². The van der Waals surface area contributed by atoms with Gasteiger partial charge in [0, 0.05) is 6.54 Å². The molecule has 1 aromatic carbocycles. The molecule has 4 amide bonds. The quantitative estimate of drug-likeness (QED) is 0.637. The summed E-state index contributed by atoms with van der Waals surface area (Å²) in [6.45, 7) is 2.37. The largest absolute Gasteiger partial charge is 0.355 e. The predicted octanol–water partition coefficient (Wildman–Crippen LogP) is 1.69. The highest BCUT2D eigenvalue weighted by Crippen LogP contribution is 2.39. The summed E-state index contributed by atoms with van der Waals surface area (Å²) in [4.78, 5) is 38.4. The molecule has 1 aliphatic carbocycles. The molecule has 24 heavy (non-hydrogen) atoms. The van der Waals surface area contributed by atoms with Crippen LogP contribution in [0.15, 0.2) is 24.3 Å². The topological polar surface area (TPSA) is 78.5 Å². The predicted molar refractivity (Wildman–Crippen MR) is 89.2 cm³/mol. The van der Waals surface area contributed by atoms with Gasteiger partial charge in [0.1, 0.15) is 12.1 Å². The molecule has 1 atom stereocenters. The van der Waals surface area contributed by atoms with Crippen molar-refractivity contribution >= 4 is 17.8 Å². The van der Waals surface area contributed by atoms with Gasteiger partial charge in [0.05, 0.1) is 0 Å². The van der Waals surface area contributed by atoms with Gasteiger partial charge in [-0.2, -0.15) is 0 Å². The number of nitrogens with one attached hydrogen (secondary N) is 2. The van der Waals surface area contributed by atoms with E-state index in [-0.39, 0.29) is 18.4 Å². The Labute approximate surface area is 141 Å². The minimum Gasteiger partial charge on any atom is -0.355 e. The molecule has 0 radical (unpaired) electrons. The molecule has 3 rings (SSSR count).